The van der Waals surface area contributed by atoms with Crippen molar-refractivity contribution in [3.63, 3.8) is 0 Å². The molecule has 1 aliphatic rings. The average Bonchev–Trinajstić information content (AvgIpc) is 3.28. The van der Waals surface area contributed by atoms with E-state index in [9.17, 15) is 4.79 Å². The van der Waals surface area contributed by atoms with Gasteiger partial charge in [-0.25, -0.2) is 24.6 Å². The van der Waals surface area contributed by atoms with E-state index in [0.717, 1.165) is 22.5 Å². The molecule has 1 aliphatic heterocycles. The predicted molar refractivity (Wildman–Crippen MR) is 141 cm³/mol. The number of nitrogens with zero attached hydrogens (tertiary/aromatic N) is 8. The van der Waals surface area contributed by atoms with Crippen molar-refractivity contribution in [3.05, 3.63) is 66.7 Å². The number of ether oxygens (including phenoxy) is 1. The molecule has 188 valence electrons. The maximum Gasteiger partial charge on any atom is 0.410 e. The standard InChI is InChI=1S/C27H28N8O2/c1-18-15-33(26(36)37-27(2,3)4)12-13-34(18)24-23-20(21-8-6-7-10-29-21)16-35(25(23)32-17-31-24)22-14-19(28-5)9-11-30-22/h6-11,14,16-18H,12-13,15H2,1-4H3/t18-/m0/s1. The number of rotatable bonds is 3. The minimum absolute atomic E-state index is 0.0112. The summed E-state index contributed by atoms with van der Waals surface area (Å²) >= 11 is 0. The molecule has 0 aliphatic carbocycles. The summed E-state index contributed by atoms with van der Waals surface area (Å²) in [6.07, 6.45) is 6.56. The number of aromatic nitrogens is 5. The van der Waals surface area contributed by atoms with Gasteiger partial charge in [0, 0.05) is 49.8 Å². The molecular formula is C27H28N8O2. The van der Waals surface area contributed by atoms with Crippen molar-refractivity contribution >= 4 is 28.6 Å². The Kier molecular flexibility index (Phi) is 6.21. The number of anilines is 1. The highest BCUT2D eigenvalue weighted by molar-refractivity contribution is 6.01. The highest BCUT2D eigenvalue weighted by Gasteiger charge is 2.32. The van der Waals surface area contributed by atoms with Gasteiger partial charge in [0.05, 0.1) is 17.7 Å². The lowest BCUT2D eigenvalue weighted by molar-refractivity contribution is 0.0218. The molecule has 5 rings (SSSR count). The second kappa shape index (κ2) is 9.50. The van der Waals surface area contributed by atoms with Crippen LogP contribution in [-0.4, -0.2) is 66.8 Å². The summed E-state index contributed by atoms with van der Waals surface area (Å²) in [6.45, 7) is 16.7. The maximum atomic E-state index is 12.7. The zero-order chi connectivity index (χ0) is 26.2. The first-order valence-corrected chi connectivity index (χ1v) is 12.1. The minimum atomic E-state index is -0.546. The molecule has 5 heterocycles. The fourth-order valence-electron chi connectivity index (χ4n) is 4.53. The van der Waals surface area contributed by atoms with Crippen LogP contribution in [0.3, 0.4) is 0 Å². The van der Waals surface area contributed by atoms with E-state index in [4.69, 9.17) is 16.3 Å². The molecule has 0 saturated carbocycles. The molecule has 0 bridgehead atoms. The molecule has 37 heavy (non-hydrogen) atoms. The van der Waals surface area contributed by atoms with Gasteiger partial charge in [-0.05, 0) is 52.0 Å². The van der Waals surface area contributed by atoms with Crippen molar-refractivity contribution in [2.45, 2.75) is 39.3 Å². The van der Waals surface area contributed by atoms with Gasteiger partial charge in [-0.1, -0.05) is 6.07 Å². The van der Waals surface area contributed by atoms with Crippen LogP contribution in [0.25, 0.3) is 33.0 Å². The van der Waals surface area contributed by atoms with Gasteiger partial charge < -0.3 is 14.5 Å². The Morgan fingerprint density at radius 1 is 1.11 bits per heavy atom. The Balaban J connectivity index is 1.59. The predicted octanol–water partition coefficient (Wildman–Crippen LogP) is 4.87. The zero-order valence-corrected chi connectivity index (χ0v) is 21.3. The largest absolute Gasteiger partial charge is 0.444 e. The van der Waals surface area contributed by atoms with Gasteiger partial charge in [0.25, 0.3) is 0 Å². The van der Waals surface area contributed by atoms with Crippen molar-refractivity contribution in [2.24, 2.45) is 0 Å². The summed E-state index contributed by atoms with van der Waals surface area (Å²) < 4.78 is 7.46. The number of amides is 1. The van der Waals surface area contributed by atoms with E-state index in [1.54, 1.807) is 35.8 Å². The normalized spacial score (nSPS) is 16.0. The smallest absolute Gasteiger partial charge is 0.410 e. The Bertz CT molecular complexity index is 1490. The topological polar surface area (TPSA) is 93.6 Å². The van der Waals surface area contributed by atoms with E-state index in [1.807, 2.05) is 49.7 Å². The van der Waals surface area contributed by atoms with Crippen LogP contribution in [-0.2, 0) is 4.74 Å². The fraction of sp³-hybridized carbons (Fsp3) is 0.333. The molecule has 10 heteroatoms. The second-order valence-corrected chi connectivity index (χ2v) is 9.98. The van der Waals surface area contributed by atoms with Crippen molar-refractivity contribution < 1.29 is 9.53 Å². The van der Waals surface area contributed by atoms with Gasteiger partial charge in [-0.3, -0.25) is 9.55 Å². The van der Waals surface area contributed by atoms with Gasteiger partial charge in [0.15, 0.2) is 11.3 Å². The van der Waals surface area contributed by atoms with Crippen LogP contribution in [0.2, 0.25) is 0 Å². The van der Waals surface area contributed by atoms with Crippen LogP contribution in [0.15, 0.2) is 55.2 Å². The van der Waals surface area contributed by atoms with Crippen LogP contribution in [0, 0.1) is 6.57 Å². The highest BCUT2D eigenvalue weighted by atomic mass is 16.6. The molecule has 1 amide bonds. The van der Waals surface area contributed by atoms with Crippen LogP contribution in [0.5, 0.6) is 0 Å². The Labute approximate surface area is 215 Å². The third-order valence-corrected chi connectivity index (χ3v) is 6.16. The van der Waals surface area contributed by atoms with Crippen molar-refractivity contribution in [3.8, 4) is 17.1 Å². The lowest BCUT2D eigenvalue weighted by Gasteiger charge is -2.41. The molecule has 4 aromatic rings. The van der Waals surface area contributed by atoms with E-state index < -0.39 is 5.60 Å². The summed E-state index contributed by atoms with van der Waals surface area (Å²) in [6, 6.07) is 9.16. The Morgan fingerprint density at radius 2 is 1.95 bits per heavy atom. The number of piperazine rings is 1. The molecule has 1 saturated heterocycles. The molecule has 4 aromatic heterocycles. The quantitative estimate of drug-likeness (QED) is 0.373. The SMILES string of the molecule is [C-]#[N+]c1ccnc(-n2cc(-c3ccccn3)c3c(N4CCN(C(=O)OC(C)(C)C)C[C@@H]4C)ncnc32)c1. The van der Waals surface area contributed by atoms with Crippen molar-refractivity contribution in [1.29, 1.82) is 0 Å². The first-order valence-electron chi connectivity index (χ1n) is 12.1. The van der Waals surface area contributed by atoms with Crippen LogP contribution in [0.1, 0.15) is 27.7 Å². The first-order chi connectivity index (χ1) is 17.7. The number of hydrogen-bond donors (Lipinski definition) is 0. The third-order valence-electron chi connectivity index (χ3n) is 6.16. The Hall–Kier alpha value is -4.52. The van der Waals surface area contributed by atoms with Gasteiger partial charge in [0.2, 0.25) is 0 Å². The average molecular weight is 497 g/mol. The number of carbonyl (C=O) groups is 1. The number of carbonyl (C=O) groups excluding carboxylic acids is 1. The molecule has 0 N–H and O–H groups in total. The third kappa shape index (κ3) is 4.80. The van der Waals surface area contributed by atoms with Gasteiger partial charge >= 0.3 is 6.09 Å². The van der Waals surface area contributed by atoms with Crippen LogP contribution < -0.4 is 4.90 Å². The van der Waals surface area contributed by atoms with E-state index >= 15 is 0 Å². The summed E-state index contributed by atoms with van der Waals surface area (Å²) in [5.74, 6) is 1.36. The molecule has 0 spiro atoms. The molecule has 0 unspecified atom stereocenters. The summed E-state index contributed by atoms with van der Waals surface area (Å²) in [4.78, 5) is 38.6. The molecule has 0 radical (unpaired) electrons. The lowest BCUT2D eigenvalue weighted by atomic mass is 10.1. The second-order valence-electron chi connectivity index (χ2n) is 9.98. The lowest BCUT2D eigenvalue weighted by Crippen LogP contribution is -2.54. The molecule has 1 fully saturated rings. The fourth-order valence-corrected chi connectivity index (χ4v) is 4.53. The van der Waals surface area contributed by atoms with Crippen molar-refractivity contribution in [1.82, 2.24) is 29.4 Å². The number of pyridine rings is 2. The molecule has 10 nitrogen and oxygen atoms in total. The minimum Gasteiger partial charge on any atom is -0.444 e. The Morgan fingerprint density at radius 3 is 2.65 bits per heavy atom. The molecular weight excluding hydrogens is 468 g/mol. The number of fused-ring (bicyclic) bond motifs is 1. The van der Waals surface area contributed by atoms with Crippen LogP contribution >= 0.6 is 0 Å². The maximum absolute atomic E-state index is 12.7. The van der Waals surface area contributed by atoms with E-state index in [-0.39, 0.29) is 12.1 Å². The summed E-state index contributed by atoms with van der Waals surface area (Å²) in [5, 5.41) is 0.841. The molecule has 0 aromatic carbocycles. The van der Waals surface area contributed by atoms with Crippen LogP contribution in [0.4, 0.5) is 16.3 Å². The molecule has 1 atom stereocenters. The zero-order valence-electron chi connectivity index (χ0n) is 21.3. The number of hydrogen-bond acceptors (Lipinski definition) is 7. The highest BCUT2D eigenvalue weighted by Crippen LogP contribution is 2.37. The summed E-state index contributed by atoms with van der Waals surface area (Å²) in [5.41, 5.74) is 2.26. The van der Waals surface area contributed by atoms with Gasteiger partial charge in [-0.15, -0.1) is 0 Å². The first kappa shape index (κ1) is 24.2. The van der Waals surface area contributed by atoms with E-state index in [2.05, 4.69) is 31.6 Å². The monoisotopic (exact) mass is 496 g/mol. The summed E-state index contributed by atoms with van der Waals surface area (Å²) in [7, 11) is 0. The van der Waals surface area contributed by atoms with E-state index in [0.29, 0.717) is 36.8 Å². The van der Waals surface area contributed by atoms with Gasteiger partial charge in [-0.2, -0.15) is 0 Å². The van der Waals surface area contributed by atoms with Crippen molar-refractivity contribution in [2.75, 3.05) is 24.5 Å². The van der Waals surface area contributed by atoms with Gasteiger partial charge in [0.1, 0.15) is 23.6 Å². The van der Waals surface area contributed by atoms with E-state index in [1.165, 1.54) is 0 Å².